The Kier molecular flexibility index (Phi) is 7.91. The van der Waals surface area contributed by atoms with Crippen LogP contribution < -0.4 is 14.6 Å². The fraction of sp³-hybridized carbons (Fsp3) is 0.450. The summed E-state index contributed by atoms with van der Waals surface area (Å²) in [6, 6.07) is 1.51. The number of aromatic nitrogens is 1. The van der Waals surface area contributed by atoms with E-state index >= 15 is 0 Å². The molecule has 2 aromatic rings. The summed E-state index contributed by atoms with van der Waals surface area (Å²) in [5.74, 6) is 0.425. The molecule has 1 aromatic carbocycles. The Balaban J connectivity index is 2.50. The fourth-order valence-electron chi connectivity index (χ4n) is 3.26. The number of pyridine rings is 1. The van der Waals surface area contributed by atoms with Crippen molar-refractivity contribution in [2.75, 3.05) is 18.7 Å². The summed E-state index contributed by atoms with van der Waals surface area (Å²) in [6.45, 7) is 9.34. The van der Waals surface area contributed by atoms with Crippen LogP contribution in [0, 0.1) is 6.92 Å². The van der Waals surface area contributed by atoms with Crippen LogP contribution in [-0.2, 0) is 4.57 Å². The fourth-order valence-corrected chi connectivity index (χ4v) is 4.48. The predicted octanol–water partition coefficient (Wildman–Crippen LogP) is 6.29. The van der Waals surface area contributed by atoms with Gasteiger partial charge in [-0.05, 0) is 24.8 Å². The summed E-state index contributed by atoms with van der Waals surface area (Å²) in [5, 5.41) is 13.8. The maximum atomic E-state index is 13.0. The van der Waals surface area contributed by atoms with Crippen molar-refractivity contribution in [2.45, 2.75) is 46.5 Å². The van der Waals surface area contributed by atoms with Gasteiger partial charge >= 0.3 is 7.60 Å². The van der Waals surface area contributed by atoms with Crippen molar-refractivity contribution in [3.8, 4) is 17.2 Å². The van der Waals surface area contributed by atoms with Crippen LogP contribution in [0.25, 0.3) is 0 Å². The molecule has 0 aliphatic carbocycles. The van der Waals surface area contributed by atoms with Crippen molar-refractivity contribution in [1.82, 2.24) is 4.98 Å². The molecule has 0 aliphatic heterocycles. The van der Waals surface area contributed by atoms with Gasteiger partial charge in [0.25, 0.3) is 0 Å². The highest BCUT2D eigenvalue weighted by atomic mass is 35.5. The minimum absolute atomic E-state index is 0.00180. The monoisotopic (exact) mass is 476 g/mol. The summed E-state index contributed by atoms with van der Waals surface area (Å²) >= 11 is 12.0. The molecule has 1 atom stereocenters. The lowest BCUT2D eigenvalue weighted by molar-refractivity contribution is 0.351. The van der Waals surface area contributed by atoms with Crippen molar-refractivity contribution >= 4 is 36.6 Å². The lowest BCUT2D eigenvalue weighted by Crippen LogP contribution is -2.12. The third-order valence-corrected chi connectivity index (χ3v) is 6.41. The number of aromatic hydroxyl groups is 1. The molecule has 0 radical (unpaired) electrons. The van der Waals surface area contributed by atoms with Gasteiger partial charge in [0.15, 0.2) is 11.5 Å². The number of phenolic OH excluding ortho intramolecular Hbond substituents is 1. The molecule has 0 bridgehead atoms. The Morgan fingerprint density at radius 3 is 2.30 bits per heavy atom. The van der Waals surface area contributed by atoms with E-state index in [9.17, 15) is 14.6 Å². The SMILES string of the molecule is COc1c(O)c(C)c(C(C)C)c(OP(=O)(O)CNc2nccc(Cl)c2Cl)c1C(C)C. The van der Waals surface area contributed by atoms with Gasteiger partial charge < -0.3 is 24.6 Å². The number of rotatable bonds is 8. The Labute approximate surface area is 186 Å². The van der Waals surface area contributed by atoms with Gasteiger partial charge in [-0.15, -0.1) is 0 Å². The molecule has 2 rings (SSSR count). The number of halogens is 2. The molecule has 0 saturated carbocycles. The molecule has 0 amide bonds. The number of hydrogen-bond donors (Lipinski definition) is 3. The standard InChI is InChI=1S/C20H27Cl2N2O5P/c1-10(2)14-12(5)17(25)19(28-6)15(11(3)4)18(14)29-30(26,27)9-24-20-16(22)13(21)7-8-23-20/h7-8,10-11,25H,9H2,1-6H3,(H,23,24)(H,26,27). The van der Waals surface area contributed by atoms with Crippen LogP contribution in [0.5, 0.6) is 17.2 Å². The average Bonchev–Trinajstić information content (AvgIpc) is 2.64. The third kappa shape index (κ3) is 5.14. The number of hydrogen-bond acceptors (Lipinski definition) is 6. The van der Waals surface area contributed by atoms with Crippen LogP contribution in [0.15, 0.2) is 12.3 Å². The maximum Gasteiger partial charge on any atom is 0.395 e. The van der Waals surface area contributed by atoms with Crippen LogP contribution in [0.4, 0.5) is 5.82 Å². The average molecular weight is 477 g/mol. The number of ether oxygens (including phenoxy) is 1. The van der Waals surface area contributed by atoms with E-state index in [4.69, 9.17) is 32.5 Å². The van der Waals surface area contributed by atoms with Crippen LogP contribution in [-0.4, -0.2) is 28.4 Å². The summed E-state index contributed by atoms with van der Waals surface area (Å²) in [5.41, 5.74) is 1.71. The van der Waals surface area contributed by atoms with Gasteiger partial charge in [-0.2, -0.15) is 0 Å². The molecule has 0 saturated heterocycles. The topological polar surface area (TPSA) is 101 Å². The second kappa shape index (κ2) is 9.65. The van der Waals surface area contributed by atoms with E-state index in [1.54, 1.807) is 6.92 Å². The highest BCUT2D eigenvalue weighted by molar-refractivity contribution is 7.53. The van der Waals surface area contributed by atoms with Crippen molar-refractivity contribution in [3.05, 3.63) is 39.0 Å². The third-order valence-electron chi connectivity index (χ3n) is 4.59. The number of methoxy groups -OCH3 is 1. The highest BCUT2D eigenvalue weighted by Crippen LogP contribution is 2.54. The quantitative estimate of drug-likeness (QED) is 0.384. The summed E-state index contributed by atoms with van der Waals surface area (Å²) in [6.07, 6.45) is 0.985. The van der Waals surface area contributed by atoms with E-state index in [0.717, 1.165) is 0 Å². The van der Waals surface area contributed by atoms with Gasteiger partial charge in [-0.1, -0.05) is 50.9 Å². The molecule has 0 aliphatic rings. The van der Waals surface area contributed by atoms with Crippen molar-refractivity contribution in [3.63, 3.8) is 0 Å². The van der Waals surface area contributed by atoms with E-state index in [-0.39, 0.29) is 44.9 Å². The highest BCUT2D eigenvalue weighted by Gasteiger charge is 2.32. The number of phenols is 1. The van der Waals surface area contributed by atoms with Gasteiger partial charge in [0.2, 0.25) is 0 Å². The van der Waals surface area contributed by atoms with Gasteiger partial charge in [0.05, 0.1) is 12.1 Å². The van der Waals surface area contributed by atoms with Gasteiger partial charge in [0, 0.05) is 22.9 Å². The zero-order chi connectivity index (χ0) is 22.8. The zero-order valence-corrected chi connectivity index (χ0v) is 20.2. The van der Waals surface area contributed by atoms with Crippen molar-refractivity contribution < 1.29 is 23.8 Å². The molecule has 3 N–H and O–H groups in total. The van der Waals surface area contributed by atoms with E-state index in [1.165, 1.54) is 19.4 Å². The van der Waals surface area contributed by atoms with Gasteiger partial charge in [-0.3, -0.25) is 0 Å². The van der Waals surface area contributed by atoms with E-state index in [2.05, 4.69) is 10.3 Å². The smallest absolute Gasteiger partial charge is 0.395 e. The lowest BCUT2D eigenvalue weighted by Gasteiger charge is -2.27. The first-order chi connectivity index (χ1) is 13.9. The molecule has 0 spiro atoms. The predicted molar refractivity (Wildman–Crippen MR) is 121 cm³/mol. The molecule has 30 heavy (non-hydrogen) atoms. The number of benzene rings is 1. The molecule has 166 valence electrons. The minimum atomic E-state index is -4.20. The number of nitrogens with one attached hydrogen (secondary N) is 1. The molecule has 1 unspecified atom stereocenters. The van der Waals surface area contributed by atoms with Crippen LogP contribution in [0.3, 0.4) is 0 Å². The Morgan fingerprint density at radius 2 is 1.77 bits per heavy atom. The zero-order valence-electron chi connectivity index (χ0n) is 17.8. The van der Waals surface area contributed by atoms with E-state index in [0.29, 0.717) is 16.7 Å². The number of nitrogens with zero attached hydrogens (tertiary/aromatic N) is 1. The summed E-state index contributed by atoms with van der Waals surface area (Å²) < 4.78 is 24.1. The first-order valence-corrected chi connectivity index (χ1v) is 11.9. The summed E-state index contributed by atoms with van der Waals surface area (Å²) in [7, 11) is -2.77. The number of anilines is 1. The van der Waals surface area contributed by atoms with Crippen molar-refractivity contribution in [1.29, 1.82) is 0 Å². The van der Waals surface area contributed by atoms with Crippen LogP contribution in [0.1, 0.15) is 56.2 Å². The Bertz CT molecular complexity index is 982. The van der Waals surface area contributed by atoms with Gasteiger partial charge in [0.1, 0.15) is 22.9 Å². The van der Waals surface area contributed by atoms with Crippen LogP contribution >= 0.6 is 30.8 Å². The Hall–Kier alpha value is -1.66. The van der Waals surface area contributed by atoms with E-state index in [1.807, 2.05) is 27.7 Å². The largest absolute Gasteiger partial charge is 0.504 e. The lowest BCUT2D eigenvalue weighted by atomic mass is 9.89. The maximum absolute atomic E-state index is 13.0. The Morgan fingerprint density at radius 1 is 1.17 bits per heavy atom. The first-order valence-electron chi connectivity index (χ1n) is 9.39. The van der Waals surface area contributed by atoms with Gasteiger partial charge in [-0.25, -0.2) is 9.55 Å². The molecule has 7 nitrogen and oxygen atoms in total. The minimum Gasteiger partial charge on any atom is -0.504 e. The molecule has 1 aromatic heterocycles. The normalized spacial score (nSPS) is 13.4. The molecular weight excluding hydrogens is 450 g/mol. The molecule has 0 fully saturated rings. The molecular formula is C20H27Cl2N2O5P. The molecule has 1 heterocycles. The first kappa shape index (κ1) is 24.6. The van der Waals surface area contributed by atoms with E-state index < -0.39 is 13.9 Å². The second-order valence-corrected chi connectivity index (χ2v) is 10.1. The second-order valence-electron chi connectivity index (χ2n) is 7.49. The van der Waals surface area contributed by atoms with Crippen LogP contribution in [0.2, 0.25) is 10.0 Å². The molecule has 10 heteroatoms. The van der Waals surface area contributed by atoms with Crippen molar-refractivity contribution in [2.24, 2.45) is 0 Å². The summed E-state index contributed by atoms with van der Waals surface area (Å²) in [4.78, 5) is 14.6.